The Morgan fingerprint density at radius 1 is 1.28 bits per heavy atom. The van der Waals surface area contributed by atoms with Gasteiger partial charge >= 0.3 is 0 Å². The summed E-state index contributed by atoms with van der Waals surface area (Å²) in [6, 6.07) is 3.89. The van der Waals surface area contributed by atoms with Crippen molar-refractivity contribution in [3.63, 3.8) is 0 Å². The fraction of sp³-hybridized carbons (Fsp3) is 0.471. The van der Waals surface area contributed by atoms with Crippen LogP contribution in [0.25, 0.3) is 5.82 Å². The number of nitrogens with zero attached hydrogens (tertiary/aromatic N) is 3. The monoisotopic (exact) mass is 385 g/mol. The number of aromatic nitrogens is 3. The minimum atomic E-state index is 0. The van der Waals surface area contributed by atoms with Crippen molar-refractivity contribution >= 4 is 30.7 Å². The van der Waals surface area contributed by atoms with Crippen LogP contribution in [-0.4, -0.2) is 33.5 Å². The number of nitrogens with one attached hydrogen (secondary N) is 2. The lowest BCUT2D eigenvalue weighted by molar-refractivity contribution is -0.121. The minimum Gasteiger partial charge on any atom is -0.352 e. The predicted molar refractivity (Wildman–Crippen MR) is 103 cm³/mol. The van der Waals surface area contributed by atoms with Crippen LogP contribution in [0.5, 0.6) is 0 Å². The minimum absolute atomic E-state index is 0. The Morgan fingerprint density at radius 2 is 2.08 bits per heavy atom. The molecule has 0 spiro atoms. The van der Waals surface area contributed by atoms with Gasteiger partial charge in [0, 0.05) is 31.6 Å². The molecule has 1 saturated heterocycles. The van der Waals surface area contributed by atoms with Gasteiger partial charge in [0.2, 0.25) is 5.91 Å². The fourth-order valence-corrected chi connectivity index (χ4v) is 2.90. The summed E-state index contributed by atoms with van der Waals surface area (Å²) < 4.78 is 1.85. The zero-order valence-electron chi connectivity index (χ0n) is 14.1. The van der Waals surface area contributed by atoms with Crippen LogP contribution in [0.1, 0.15) is 31.2 Å². The van der Waals surface area contributed by atoms with Crippen LogP contribution in [-0.2, 0) is 11.3 Å². The lowest BCUT2D eigenvalue weighted by atomic mass is 9.93. The summed E-state index contributed by atoms with van der Waals surface area (Å²) in [5, 5.41) is 6.36. The van der Waals surface area contributed by atoms with Crippen LogP contribution < -0.4 is 10.6 Å². The van der Waals surface area contributed by atoms with Crippen molar-refractivity contribution < 1.29 is 4.79 Å². The summed E-state index contributed by atoms with van der Waals surface area (Å²) in [4.78, 5) is 20.3. The van der Waals surface area contributed by atoms with Crippen molar-refractivity contribution in [1.29, 1.82) is 0 Å². The van der Waals surface area contributed by atoms with E-state index < -0.39 is 0 Å². The Balaban J connectivity index is 0.00000156. The highest BCUT2D eigenvalue weighted by molar-refractivity contribution is 5.85. The van der Waals surface area contributed by atoms with E-state index in [0.29, 0.717) is 18.9 Å². The second kappa shape index (κ2) is 11.1. The summed E-state index contributed by atoms with van der Waals surface area (Å²) in [5.74, 6) is 1.63. The SMILES string of the molecule is Cl.Cl.O=C(CCC1CCNCC1)NCc1ccnc(-n2ccnc2)c1. The molecule has 0 radical (unpaired) electrons. The highest BCUT2D eigenvalue weighted by atomic mass is 35.5. The van der Waals surface area contributed by atoms with Gasteiger partial charge < -0.3 is 10.6 Å². The average Bonchev–Trinajstić information content (AvgIpc) is 3.14. The highest BCUT2D eigenvalue weighted by Crippen LogP contribution is 2.17. The van der Waals surface area contributed by atoms with Crippen LogP contribution in [0.3, 0.4) is 0 Å². The first-order chi connectivity index (χ1) is 11.3. The maximum atomic E-state index is 12.0. The van der Waals surface area contributed by atoms with E-state index in [1.807, 2.05) is 22.9 Å². The van der Waals surface area contributed by atoms with Crippen LogP contribution in [0, 0.1) is 5.92 Å². The number of halogens is 2. The summed E-state index contributed by atoms with van der Waals surface area (Å²) in [6.07, 6.45) is 11.0. The quantitative estimate of drug-likeness (QED) is 0.800. The normalized spacial score (nSPS) is 14.2. The Hall–Kier alpha value is -1.63. The van der Waals surface area contributed by atoms with Crippen molar-refractivity contribution in [2.45, 2.75) is 32.2 Å². The molecule has 3 rings (SSSR count). The molecule has 1 aliphatic heterocycles. The summed E-state index contributed by atoms with van der Waals surface area (Å²) in [6.45, 7) is 2.70. The molecular weight excluding hydrogens is 361 g/mol. The molecule has 2 aromatic rings. The van der Waals surface area contributed by atoms with E-state index in [2.05, 4.69) is 20.6 Å². The molecule has 2 N–H and O–H groups in total. The zero-order chi connectivity index (χ0) is 15.9. The fourth-order valence-electron chi connectivity index (χ4n) is 2.90. The van der Waals surface area contributed by atoms with Gasteiger partial charge in [0.15, 0.2) is 0 Å². The van der Waals surface area contributed by atoms with Gasteiger partial charge in [-0.2, -0.15) is 0 Å². The van der Waals surface area contributed by atoms with E-state index in [9.17, 15) is 4.79 Å². The van der Waals surface area contributed by atoms with Gasteiger partial charge in [0.25, 0.3) is 0 Å². The van der Waals surface area contributed by atoms with Gasteiger partial charge in [-0.25, -0.2) is 9.97 Å². The summed E-state index contributed by atoms with van der Waals surface area (Å²) in [5.41, 5.74) is 1.04. The van der Waals surface area contributed by atoms with E-state index in [1.165, 1.54) is 12.8 Å². The third-order valence-corrected chi connectivity index (χ3v) is 4.31. The van der Waals surface area contributed by atoms with E-state index in [1.54, 1.807) is 18.7 Å². The number of imidazole rings is 1. The molecule has 1 fully saturated rings. The van der Waals surface area contributed by atoms with Crippen molar-refractivity contribution in [3.8, 4) is 5.82 Å². The smallest absolute Gasteiger partial charge is 0.220 e. The molecule has 0 bridgehead atoms. The van der Waals surface area contributed by atoms with E-state index in [0.717, 1.165) is 30.9 Å². The molecule has 25 heavy (non-hydrogen) atoms. The summed E-state index contributed by atoms with van der Waals surface area (Å²) in [7, 11) is 0. The number of pyridine rings is 1. The second-order valence-corrected chi connectivity index (χ2v) is 6.00. The molecule has 1 amide bonds. The maximum Gasteiger partial charge on any atom is 0.220 e. The van der Waals surface area contributed by atoms with Crippen LogP contribution in [0.2, 0.25) is 0 Å². The molecule has 6 nitrogen and oxygen atoms in total. The molecule has 0 atom stereocenters. The molecule has 0 aromatic carbocycles. The maximum absolute atomic E-state index is 12.0. The molecule has 0 saturated carbocycles. The lowest BCUT2D eigenvalue weighted by Crippen LogP contribution is -2.29. The van der Waals surface area contributed by atoms with Crippen molar-refractivity contribution in [2.24, 2.45) is 5.92 Å². The first-order valence-electron chi connectivity index (χ1n) is 8.22. The third-order valence-electron chi connectivity index (χ3n) is 4.31. The van der Waals surface area contributed by atoms with Gasteiger partial charge in [-0.3, -0.25) is 9.36 Å². The standard InChI is InChI=1S/C17H23N5O.2ClH/c23-17(2-1-14-3-6-18-7-4-14)21-12-15-5-8-20-16(11-15)22-10-9-19-13-22;;/h5,8-11,13-14,18H,1-4,6-7,12H2,(H,21,23);2*1H. The molecule has 138 valence electrons. The topological polar surface area (TPSA) is 71.8 Å². The number of rotatable bonds is 6. The Morgan fingerprint density at radius 3 is 2.80 bits per heavy atom. The van der Waals surface area contributed by atoms with Crippen LogP contribution >= 0.6 is 24.8 Å². The predicted octanol–water partition coefficient (Wildman–Crippen LogP) is 2.51. The number of piperidine rings is 1. The number of carbonyl (C=O) groups excluding carboxylic acids is 1. The van der Waals surface area contributed by atoms with E-state index in [-0.39, 0.29) is 30.7 Å². The van der Waals surface area contributed by atoms with Gasteiger partial charge in [0.1, 0.15) is 12.1 Å². The molecule has 3 heterocycles. The Kier molecular flexibility index (Phi) is 9.49. The largest absolute Gasteiger partial charge is 0.352 e. The second-order valence-electron chi connectivity index (χ2n) is 6.00. The molecule has 0 unspecified atom stereocenters. The van der Waals surface area contributed by atoms with Crippen molar-refractivity contribution in [3.05, 3.63) is 42.6 Å². The number of amides is 1. The van der Waals surface area contributed by atoms with Gasteiger partial charge in [-0.1, -0.05) is 0 Å². The molecule has 0 aliphatic carbocycles. The first kappa shape index (κ1) is 21.4. The van der Waals surface area contributed by atoms with Crippen LogP contribution in [0.15, 0.2) is 37.1 Å². The summed E-state index contributed by atoms with van der Waals surface area (Å²) >= 11 is 0. The van der Waals surface area contributed by atoms with E-state index >= 15 is 0 Å². The highest BCUT2D eigenvalue weighted by Gasteiger charge is 2.14. The molecule has 1 aliphatic rings. The zero-order valence-corrected chi connectivity index (χ0v) is 15.7. The average molecular weight is 386 g/mol. The Bertz CT molecular complexity index is 630. The molecule has 2 aromatic heterocycles. The van der Waals surface area contributed by atoms with Crippen molar-refractivity contribution in [1.82, 2.24) is 25.2 Å². The van der Waals surface area contributed by atoms with Gasteiger partial charge in [-0.15, -0.1) is 24.8 Å². The van der Waals surface area contributed by atoms with Gasteiger partial charge in [-0.05, 0) is 56.0 Å². The third kappa shape index (κ3) is 6.65. The number of carbonyl (C=O) groups is 1. The number of hydrogen-bond acceptors (Lipinski definition) is 4. The molecule has 8 heteroatoms. The van der Waals surface area contributed by atoms with Crippen LogP contribution in [0.4, 0.5) is 0 Å². The van der Waals surface area contributed by atoms with Gasteiger partial charge in [0.05, 0.1) is 0 Å². The first-order valence-corrected chi connectivity index (χ1v) is 8.22. The number of hydrogen-bond donors (Lipinski definition) is 2. The van der Waals surface area contributed by atoms with Crippen molar-refractivity contribution in [2.75, 3.05) is 13.1 Å². The lowest BCUT2D eigenvalue weighted by Gasteiger charge is -2.22. The Labute approximate surface area is 160 Å². The molecular formula is C17H25Cl2N5O. The van der Waals surface area contributed by atoms with E-state index in [4.69, 9.17) is 0 Å².